The molecule has 0 radical (unpaired) electrons. The van der Waals surface area contributed by atoms with Crippen LogP contribution in [0.1, 0.15) is 16.1 Å². The Labute approximate surface area is 146 Å². The Balaban J connectivity index is -0.000000129. The molecule has 0 fully saturated rings. The standard InChI is InChI=1S/C7H8N2O.4BFH2O2/c1-5-6(7(8)10)3-2-4-9-5;4*2-1(3)4/h2-4H,1H3,(H2,8,10);4*3-4H. The van der Waals surface area contributed by atoms with Crippen LogP contribution in [-0.2, 0) is 0 Å². The summed E-state index contributed by atoms with van der Waals surface area (Å²) in [6.45, 7) is 1.75. The quantitative estimate of drug-likeness (QED) is 0.168. The highest BCUT2D eigenvalue weighted by molar-refractivity contribution is 6.32. The van der Waals surface area contributed by atoms with Crippen LogP contribution in [0.15, 0.2) is 18.3 Å². The van der Waals surface area contributed by atoms with Gasteiger partial charge in [-0.1, -0.05) is 0 Å². The number of nitrogens with zero attached hydrogens (tertiary/aromatic N) is 1. The van der Waals surface area contributed by atoms with Crippen molar-refractivity contribution in [2.45, 2.75) is 6.92 Å². The lowest BCUT2D eigenvalue weighted by molar-refractivity contribution is 0.0999. The maximum Gasteiger partial charge on any atom is 0.674 e. The molecule has 1 heterocycles. The summed E-state index contributed by atoms with van der Waals surface area (Å²) in [5.41, 5.74) is 6.20. The second-order valence-electron chi connectivity index (χ2n) is 3.24. The molecule has 1 aromatic heterocycles. The molecule has 0 bridgehead atoms. The van der Waals surface area contributed by atoms with Crippen molar-refractivity contribution >= 4 is 35.5 Å². The van der Waals surface area contributed by atoms with Crippen molar-refractivity contribution < 1.29 is 62.2 Å². The van der Waals surface area contributed by atoms with Gasteiger partial charge in [0.2, 0.25) is 0 Å². The second kappa shape index (κ2) is 21.3. The molecule has 11 nitrogen and oxygen atoms in total. The average Bonchev–Trinajstić information content (AvgIpc) is 2.35. The molecule has 1 rings (SSSR count). The predicted molar refractivity (Wildman–Crippen MR) is 82.7 cm³/mol. The monoisotopic (exact) mass is 392 g/mol. The fraction of sp³-hybridized carbons (Fsp3) is 0.143. The van der Waals surface area contributed by atoms with Gasteiger partial charge in [-0.25, -0.2) is 0 Å². The van der Waals surface area contributed by atoms with Crippen LogP contribution in [0.25, 0.3) is 0 Å². The molecule has 0 atom stereocenters. The minimum Gasteiger partial charge on any atom is -0.398 e. The number of hydrogen-bond donors (Lipinski definition) is 9. The van der Waals surface area contributed by atoms with Gasteiger partial charge in [-0.15, -0.1) is 0 Å². The molecule has 148 valence electrons. The highest BCUT2D eigenvalue weighted by Gasteiger charge is 2.02. The lowest BCUT2D eigenvalue weighted by Gasteiger charge is -1.96. The second-order valence-corrected chi connectivity index (χ2v) is 3.24. The van der Waals surface area contributed by atoms with Gasteiger partial charge in [0.15, 0.2) is 0 Å². The number of amides is 1. The van der Waals surface area contributed by atoms with Gasteiger partial charge in [0, 0.05) is 11.9 Å². The molecule has 0 aliphatic heterocycles. The zero-order valence-electron chi connectivity index (χ0n) is 13.1. The van der Waals surface area contributed by atoms with E-state index in [2.05, 4.69) is 4.98 Å². The lowest BCUT2D eigenvalue weighted by atomic mass is 10.2. The Hall–Kier alpha value is -1.72. The maximum atomic E-state index is 10.6. The molecule has 0 unspecified atom stereocenters. The van der Waals surface area contributed by atoms with E-state index in [9.17, 15) is 22.1 Å². The Morgan fingerprint density at radius 2 is 1.15 bits per heavy atom. The molecule has 0 saturated carbocycles. The van der Waals surface area contributed by atoms with E-state index in [1.54, 1.807) is 25.3 Å². The van der Waals surface area contributed by atoms with Gasteiger partial charge in [0.1, 0.15) is 0 Å². The van der Waals surface area contributed by atoms with Crippen molar-refractivity contribution in [2.24, 2.45) is 5.73 Å². The van der Waals surface area contributed by atoms with Gasteiger partial charge < -0.3 is 45.9 Å². The van der Waals surface area contributed by atoms with Crippen LogP contribution >= 0.6 is 0 Å². The maximum absolute atomic E-state index is 10.6. The van der Waals surface area contributed by atoms with Crippen LogP contribution in [0.4, 0.5) is 17.3 Å². The molecule has 0 saturated heterocycles. The van der Waals surface area contributed by atoms with E-state index in [0.29, 0.717) is 11.3 Å². The number of pyridine rings is 1. The predicted octanol–water partition coefficient (Wildman–Crippen LogP) is -3.81. The van der Waals surface area contributed by atoms with Crippen molar-refractivity contribution in [3.8, 4) is 0 Å². The Kier molecular flexibility index (Phi) is 26.2. The molecule has 0 aromatic carbocycles. The Bertz CT molecular complexity index is 415. The number of nitrogens with two attached hydrogens (primary N) is 1. The SMILES string of the molecule is Cc1ncccc1C(N)=O.OB(O)F.OB(O)F.OB(O)F.OB(O)F. The number of halogens is 4. The highest BCUT2D eigenvalue weighted by atomic mass is 19.1. The number of hydrogen-bond acceptors (Lipinski definition) is 10. The van der Waals surface area contributed by atoms with E-state index >= 15 is 0 Å². The van der Waals surface area contributed by atoms with Gasteiger partial charge in [0.25, 0.3) is 5.91 Å². The number of aromatic nitrogens is 1. The third-order valence-electron chi connectivity index (χ3n) is 1.27. The Morgan fingerprint density at radius 3 is 1.31 bits per heavy atom. The molecule has 0 aliphatic carbocycles. The van der Waals surface area contributed by atoms with E-state index in [1.807, 2.05) is 0 Å². The molecule has 19 heteroatoms. The summed E-state index contributed by atoms with van der Waals surface area (Å²) < 4.78 is 40.4. The van der Waals surface area contributed by atoms with Crippen molar-refractivity contribution in [3.63, 3.8) is 0 Å². The van der Waals surface area contributed by atoms with Gasteiger partial charge in [-0.05, 0) is 19.1 Å². The van der Waals surface area contributed by atoms with Crippen molar-refractivity contribution in [1.29, 1.82) is 0 Å². The molecular weight excluding hydrogens is 375 g/mol. The topological polar surface area (TPSA) is 218 Å². The van der Waals surface area contributed by atoms with Crippen LogP contribution in [0.3, 0.4) is 0 Å². The summed E-state index contributed by atoms with van der Waals surface area (Å²) in [5.74, 6) is -0.425. The van der Waals surface area contributed by atoms with E-state index in [0.717, 1.165) is 0 Å². The number of carbonyl (C=O) groups is 1. The minimum absolute atomic E-state index is 0.425. The van der Waals surface area contributed by atoms with Crippen molar-refractivity contribution in [1.82, 2.24) is 4.98 Å². The average molecular weight is 391 g/mol. The van der Waals surface area contributed by atoms with Gasteiger partial charge in [-0.3, -0.25) is 27.0 Å². The molecule has 1 aromatic rings. The van der Waals surface area contributed by atoms with E-state index in [4.69, 9.17) is 45.9 Å². The van der Waals surface area contributed by atoms with Crippen LogP contribution < -0.4 is 5.73 Å². The fourth-order valence-corrected chi connectivity index (χ4v) is 0.745. The third kappa shape index (κ3) is 57.2. The van der Waals surface area contributed by atoms with Gasteiger partial charge >= 0.3 is 29.6 Å². The zero-order chi connectivity index (χ0) is 21.9. The number of carbonyl (C=O) groups excluding carboxylic acids is 1. The summed E-state index contributed by atoms with van der Waals surface area (Å²) in [4.78, 5) is 14.5. The Morgan fingerprint density at radius 1 is 0.885 bits per heavy atom. The lowest BCUT2D eigenvalue weighted by Crippen LogP contribution is -2.12. The molecule has 10 N–H and O–H groups in total. The normalized spacial score (nSPS) is 7.73. The van der Waals surface area contributed by atoms with Crippen molar-refractivity contribution in [3.05, 3.63) is 29.6 Å². The first-order valence-corrected chi connectivity index (χ1v) is 5.87. The van der Waals surface area contributed by atoms with Crippen LogP contribution in [0.2, 0.25) is 0 Å². The van der Waals surface area contributed by atoms with Crippen LogP contribution in [-0.4, -0.2) is 80.7 Å². The molecule has 0 aliphatic rings. The first kappa shape index (κ1) is 32.0. The summed E-state index contributed by atoms with van der Waals surface area (Å²) in [6.07, 6.45) is 1.63. The summed E-state index contributed by atoms with van der Waals surface area (Å²) in [7, 11) is -10.7. The first-order chi connectivity index (χ1) is 11.6. The van der Waals surface area contributed by atoms with Crippen LogP contribution in [0.5, 0.6) is 0 Å². The molecule has 26 heavy (non-hydrogen) atoms. The largest absolute Gasteiger partial charge is 0.674 e. The molecular formula is C7H16B4F4N2O9. The minimum atomic E-state index is -2.67. The fourth-order valence-electron chi connectivity index (χ4n) is 0.745. The third-order valence-corrected chi connectivity index (χ3v) is 1.27. The van der Waals surface area contributed by atoms with Gasteiger partial charge in [0.05, 0.1) is 5.56 Å². The smallest absolute Gasteiger partial charge is 0.398 e. The zero-order valence-corrected chi connectivity index (χ0v) is 13.1. The first-order valence-electron chi connectivity index (χ1n) is 5.87. The number of aryl methyl sites for hydroxylation is 1. The highest BCUT2D eigenvalue weighted by Crippen LogP contribution is 2.00. The van der Waals surface area contributed by atoms with Gasteiger partial charge in [-0.2, -0.15) is 0 Å². The summed E-state index contributed by atoms with van der Waals surface area (Å²) >= 11 is 0. The van der Waals surface area contributed by atoms with Crippen LogP contribution in [0, 0.1) is 6.92 Å². The summed E-state index contributed by atoms with van der Waals surface area (Å²) in [6, 6.07) is 3.34. The number of primary amides is 1. The number of rotatable bonds is 1. The molecule has 0 spiro atoms. The van der Waals surface area contributed by atoms with E-state index in [1.165, 1.54) is 0 Å². The van der Waals surface area contributed by atoms with E-state index in [-0.39, 0.29) is 0 Å². The van der Waals surface area contributed by atoms with Crippen molar-refractivity contribution in [2.75, 3.05) is 0 Å². The summed E-state index contributed by atoms with van der Waals surface area (Å²) in [5, 5.41) is 55.6. The molecule has 1 amide bonds. The van der Waals surface area contributed by atoms with E-state index < -0.39 is 35.5 Å².